The van der Waals surface area contributed by atoms with E-state index in [1.165, 1.54) is 18.7 Å². The smallest absolute Gasteiger partial charge is 0.245 e. The van der Waals surface area contributed by atoms with E-state index >= 15 is 0 Å². The van der Waals surface area contributed by atoms with Gasteiger partial charge in [0.05, 0.1) is 11.8 Å². The molecule has 2 aromatic heterocycles. The first kappa shape index (κ1) is 25.8. The first-order valence-electron chi connectivity index (χ1n) is 11.6. The van der Waals surface area contributed by atoms with Gasteiger partial charge in [-0.2, -0.15) is 0 Å². The summed E-state index contributed by atoms with van der Waals surface area (Å²) >= 11 is 1.26. The van der Waals surface area contributed by atoms with Crippen molar-refractivity contribution >= 4 is 40.6 Å². The minimum absolute atomic E-state index is 0.0538. The number of amides is 3. The molecule has 0 aliphatic rings. The van der Waals surface area contributed by atoms with Crippen molar-refractivity contribution in [3.05, 3.63) is 84.3 Å². The largest absolute Gasteiger partial charge is 0.530 e. The molecule has 11 heteroatoms. The second-order valence-corrected chi connectivity index (χ2v) is 9.67. The molecule has 2 unspecified atom stereocenters. The molecule has 4 aromatic rings. The molecule has 0 saturated heterocycles. The van der Waals surface area contributed by atoms with Gasteiger partial charge in [0.15, 0.2) is 5.16 Å². The summed E-state index contributed by atoms with van der Waals surface area (Å²) in [6.45, 7) is 1.56. The SMILES string of the molecule is CC(Cc1c[nH]c2ccccc12)(NC(=O)[O-])C(=O)NCC(NC(=O)CSc1ncc[nH]1)c1ccccc1. The maximum Gasteiger partial charge on any atom is 0.245 e. The van der Waals surface area contributed by atoms with Gasteiger partial charge in [-0.25, -0.2) is 4.98 Å². The summed E-state index contributed by atoms with van der Waals surface area (Å²) in [4.78, 5) is 47.7. The Morgan fingerprint density at radius 3 is 2.57 bits per heavy atom. The number of carbonyl (C=O) groups is 3. The fraction of sp³-hybridized carbons (Fsp3) is 0.231. The van der Waals surface area contributed by atoms with E-state index in [1.54, 1.807) is 18.6 Å². The van der Waals surface area contributed by atoms with E-state index in [4.69, 9.17) is 0 Å². The summed E-state index contributed by atoms with van der Waals surface area (Å²) in [5.74, 6) is -0.643. The van der Waals surface area contributed by atoms with Crippen molar-refractivity contribution < 1.29 is 19.5 Å². The minimum atomic E-state index is -1.56. The number of H-pyrrole nitrogens is 2. The van der Waals surface area contributed by atoms with E-state index in [0.717, 1.165) is 22.0 Å². The van der Waals surface area contributed by atoms with Gasteiger partial charge >= 0.3 is 0 Å². The van der Waals surface area contributed by atoms with Gasteiger partial charge in [-0.05, 0) is 24.1 Å². The number of fused-ring (bicyclic) bond motifs is 1. The number of imidazole rings is 1. The van der Waals surface area contributed by atoms with Crippen LogP contribution in [0.2, 0.25) is 0 Å². The fourth-order valence-corrected chi connectivity index (χ4v) is 4.73. The maximum atomic E-state index is 13.4. The van der Waals surface area contributed by atoms with Gasteiger partial charge in [0.25, 0.3) is 0 Å². The molecule has 2 aromatic carbocycles. The first-order chi connectivity index (χ1) is 17.8. The Morgan fingerprint density at radius 2 is 1.84 bits per heavy atom. The molecular weight excluding hydrogens is 492 g/mol. The summed E-state index contributed by atoms with van der Waals surface area (Å²) < 4.78 is 0. The molecule has 0 bridgehead atoms. The van der Waals surface area contributed by atoms with Crippen molar-refractivity contribution in [2.24, 2.45) is 0 Å². The van der Waals surface area contributed by atoms with Crippen LogP contribution in [-0.4, -0.2) is 50.7 Å². The van der Waals surface area contributed by atoms with Crippen molar-refractivity contribution in [3.63, 3.8) is 0 Å². The summed E-state index contributed by atoms with van der Waals surface area (Å²) in [7, 11) is 0. The monoisotopic (exact) mass is 519 g/mol. The lowest BCUT2D eigenvalue weighted by Gasteiger charge is -2.32. The minimum Gasteiger partial charge on any atom is -0.530 e. The Bertz CT molecular complexity index is 1360. The predicted octanol–water partition coefficient (Wildman–Crippen LogP) is 1.89. The quantitative estimate of drug-likeness (QED) is 0.191. The summed E-state index contributed by atoms with van der Waals surface area (Å²) in [6.07, 6.45) is 3.59. The number of thioether (sulfide) groups is 1. The molecule has 0 aliphatic carbocycles. The number of rotatable bonds is 11. The lowest BCUT2D eigenvalue weighted by atomic mass is 9.91. The molecule has 3 amide bonds. The molecule has 4 rings (SSSR count). The number of para-hydroxylation sites is 1. The van der Waals surface area contributed by atoms with E-state index in [0.29, 0.717) is 5.16 Å². The van der Waals surface area contributed by atoms with Gasteiger partial charge in [-0.15, -0.1) is 0 Å². The van der Waals surface area contributed by atoms with Crippen LogP contribution in [0.4, 0.5) is 4.79 Å². The van der Waals surface area contributed by atoms with E-state index in [2.05, 4.69) is 30.9 Å². The number of nitrogens with zero attached hydrogens (tertiary/aromatic N) is 1. The molecule has 37 heavy (non-hydrogen) atoms. The van der Waals surface area contributed by atoms with Crippen LogP contribution in [0.25, 0.3) is 10.9 Å². The van der Waals surface area contributed by atoms with Crippen molar-refractivity contribution in [3.8, 4) is 0 Å². The molecule has 0 fully saturated rings. The lowest BCUT2D eigenvalue weighted by Crippen LogP contribution is -2.61. The Hall–Kier alpha value is -4.25. The molecular formula is C26H27N6O4S-. The third kappa shape index (κ3) is 6.70. The Balaban J connectivity index is 1.47. The second kappa shape index (κ2) is 11.7. The maximum absolute atomic E-state index is 13.4. The number of hydrogen-bond donors (Lipinski definition) is 5. The number of hydrogen-bond acceptors (Lipinski definition) is 6. The molecule has 2 atom stereocenters. The number of nitrogens with one attached hydrogen (secondary N) is 5. The topological polar surface area (TPSA) is 155 Å². The van der Waals surface area contributed by atoms with E-state index in [9.17, 15) is 19.5 Å². The zero-order valence-corrected chi connectivity index (χ0v) is 20.9. The first-order valence-corrected chi connectivity index (χ1v) is 12.6. The molecule has 2 heterocycles. The van der Waals surface area contributed by atoms with Crippen LogP contribution in [0.15, 0.2) is 78.3 Å². The highest BCUT2D eigenvalue weighted by molar-refractivity contribution is 7.99. The molecule has 0 radical (unpaired) electrons. The normalized spacial score (nSPS) is 13.4. The van der Waals surface area contributed by atoms with Crippen LogP contribution in [0, 0.1) is 0 Å². The summed E-state index contributed by atoms with van der Waals surface area (Å²) in [5, 5.41) is 21.1. The van der Waals surface area contributed by atoms with Crippen LogP contribution in [0.1, 0.15) is 24.1 Å². The average molecular weight is 520 g/mol. The molecule has 0 aliphatic heterocycles. The second-order valence-electron chi connectivity index (χ2n) is 8.70. The van der Waals surface area contributed by atoms with Crippen LogP contribution < -0.4 is 21.1 Å². The number of aromatic amines is 2. The molecule has 5 N–H and O–H groups in total. The molecule has 0 spiro atoms. The van der Waals surface area contributed by atoms with E-state index < -0.39 is 23.6 Å². The fourth-order valence-electron chi connectivity index (χ4n) is 4.09. The van der Waals surface area contributed by atoms with E-state index in [1.807, 2.05) is 54.6 Å². The predicted molar refractivity (Wildman–Crippen MR) is 139 cm³/mol. The molecule has 192 valence electrons. The summed E-state index contributed by atoms with van der Waals surface area (Å²) in [6, 6.07) is 16.3. The Morgan fingerprint density at radius 1 is 1.08 bits per heavy atom. The van der Waals surface area contributed by atoms with Gasteiger partial charge in [0, 0.05) is 42.5 Å². The Labute approximate surface area is 217 Å². The zero-order valence-electron chi connectivity index (χ0n) is 20.1. The highest BCUT2D eigenvalue weighted by Crippen LogP contribution is 2.23. The number of benzene rings is 2. The van der Waals surface area contributed by atoms with Crippen LogP contribution in [-0.2, 0) is 16.0 Å². The molecule has 10 nitrogen and oxygen atoms in total. The van der Waals surface area contributed by atoms with Crippen molar-refractivity contribution in [1.29, 1.82) is 0 Å². The van der Waals surface area contributed by atoms with Gasteiger partial charge in [0.2, 0.25) is 11.8 Å². The number of carbonyl (C=O) groups excluding carboxylic acids is 3. The zero-order chi connectivity index (χ0) is 26.3. The standard InChI is InChI=1S/C26H28N6O4S/c1-26(32-25(35)36,13-18-14-29-20-10-6-5-9-19(18)20)23(34)30-15-21(17-7-3-2-4-8-17)31-22(33)16-37-24-27-11-12-28-24/h2-12,14,21,29,32H,13,15-16H2,1H3,(H,27,28)(H,30,34)(H,31,33)(H,35,36)/p-1. The summed E-state index contributed by atoms with van der Waals surface area (Å²) in [5.41, 5.74) is 0.952. The molecule has 0 saturated carbocycles. The van der Waals surface area contributed by atoms with Gasteiger partial charge in [-0.1, -0.05) is 60.3 Å². The van der Waals surface area contributed by atoms with Gasteiger partial charge < -0.3 is 35.8 Å². The third-order valence-corrected chi connectivity index (χ3v) is 6.82. The van der Waals surface area contributed by atoms with Crippen LogP contribution in [0.3, 0.4) is 0 Å². The van der Waals surface area contributed by atoms with E-state index in [-0.39, 0.29) is 24.6 Å². The van der Waals surface area contributed by atoms with Crippen LogP contribution >= 0.6 is 11.8 Å². The van der Waals surface area contributed by atoms with Crippen molar-refractivity contribution in [2.75, 3.05) is 12.3 Å². The lowest BCUT2D eigenvalue weighted by molar-refractivity contribution is -0.252. The van der Waals surface area contributed by atoms with Gasteiger partial charge in [-0.3, -0.25) is 9.59 Å². The third-order valence-electron chi connectivity index (χ3n) is 5.92. The van der Waals surface area contributed by atoms with Crippen LogP contribution in [0.5, 0.6) is 0 Å². The van der Waals surface area contributed by atoms with Crippen molar-refractivity contribution in [2.45, 2.75) is 30.1 Å². The number of carboxylic acid groups (broad SMARTS) is 1. The highest BCUT2D eigenvalue weighted by atomic mass is 32.2. The highest BCUT2D eigenvalue weighted by Gasteiger charge is 2.34. The average Bonchev–Trinajstić information content (AvgIpc) is 3.55. The van der Waals surface area contributed by atoms with Gasteiger partial charge in [0.1, 0.15) is 11.6 Å². The number of aromatic nitrogens is 3. The van der Waals surface area contributed by atoms with Crippen molar-refractivity contribution in [1.82, 2.24) is 30.9 Å². The Kier molecular flexibility index (Phi) is 8.14.